The van der Waals surface area contributed by atoms with Crippen molar-refractivity contribution in [1.29, 1.82) is 0 Å². The summed E-state index contributed by atoms with van der Waals surface area (Å²) in [6.07, 6.45) is 11.8. The summed E-state index contributed by atoms with van der Waals surface area (Å²) in [5.74, 6) is 2.14. The molecule has 4 rings (SSSR count). The van der Waals surface area contributed by atoms with E-state index in [1.165, 1.54) is 44.9 Å². The average Bonchev–Trinajstić information content (AvgIpc) is 3.04. The maximum atomic E-state index is 3.77. The van der Waals surface area contributed by atoms with E-state index < -0.39 is 0 Å². The lowest BCUT2D eigenvalue weighted by molar-refractivity contribution is 0.0913. The molecule has 2 aliphatic carbocycles. The minimum Gasteiger partial charge on any atom is -0.311 e. The molecule has 0 radical (unpaired) electrons. The van der Waals surface area contributed by atoms with E-state index in [9.17, 15) is 0 Å². The van der Waals surface area contributed by atoms with Crippen LogP contribution in [0.1, 0.15) is 51.4 Å². The highest BCUT2D eigenvalue weighted by atomic mass is 15.2. The third-order valence-corrected chi connectivity index (χ3v) is 6.25. The maximum Gasteiger partial charge on any atom is 0.0126 e. The molecule has 0 amide bonds. The first-order chi connectivity index (χ1) is 8.29. The molecule has 2 nitrogen and oxygen atoms in total. The first kappa shape index (κ1) is 10.8. The fraction of sp³-hybridized carbons (Fsp3) is 1.00. The molecule has 0 spiro atoms. The smallest absolute Gasteiger partial charge is 0.0126 e. The van der Waals surface area contributed by atoms with Crippen LogP contribution in [0.3, 0.4) is 0 Å². The molecule has 0 aromatic carbocycles. The van der Waals surface area contributed by atoms with Crippen molar-refractivity contribution in [2.24, 2.45) is 11.8 Å². The molecule has 0 aromatic heterocycles. The Morgan fingerprint density at radius 2 is 1.65 bits per heavy atom. The fourth-order valence-corrected chi connectivity index (χ4v) is 5.34. The Bertz CT molecular complexity index is 291. The van der Waals surface area contributed by atoms with Gasteiger partial charge in [-0.1, -0.05) is 6.42 Å². The molecule has 2 saturated carbocycles. The van der Waals surface area contributed by atoms with Crippen LogP contribution in [0.2, 0.25) is 0 Å². The molecule has 2 saturated heterocycles. The summed E-state index contributed by atoms with van der Waals surface area (Å²) in [5.41, 5.74) is 0. The minimum atomic E-state index is 0.847. The van der Waals surface area contributed by atoms with Crippen LogP contribution in [0.4, 0.5) is 0 Å². The van der Waals surface area contributed by atoms with E-state index >= 15 is 0 Å². The number of nitrogens with one attached hydrogen (secondary N) is 1. The van der Waals surface area contributed by atoms with Crippen molar-refractivity contribution in [3.8, 4) is 0 Å². The molecule has 5 atom stereocenters. The Hall–Kier alpha value is -0.0800. The van der Waals surface area contributed by atoms with Crippen molar-refractivity contribution < 1.29 is 0 Å². The summed E-state index contributed by atoms with van der Waals surface area (Å²) < 4.78 is 0. The van der Waals surface area contributed by atoms with Gasteiger partial charge in [0, 0.05) is 24.2 Å². The highest BCUT2D eigenvalue weighted by Gasteiger charge is 2.44. The van der Waals surface area contributed by atoms with Crippen molar-refractivity contribution in [2.75, 3.05) is 7.05 Å². The quantitative estimate of drug-likeness (QED) is 0.789. The van der Waals surface area contributed by atoms with Crippen LogP contribution < -0.4 is 5.32 Å². The lowest BCUT2D eigenvalue weighted by Gasteiger charge is -2.41. The number of hydrogen-bond donors (Lipinski definition) is 1. The van der Waals surface area contributed by atoms with Crippen LogP contribution in [-0.4, -0.2) is 36.1 Å². The molecule has 4 bridgehead atoms. The van der Waals surface area contributed by atoms with Crippen LogP contribution in [0.15, 0.2) is 0 Å². The van der Waals surface area contributed by atoms with E-state index in [1.54, 1.807) is 6.42 Å². The predicted octanol–water partition coefficient (Wildman–Crippen LogP) is 2.39. The van der Waals surface area contributed by atoms with Crippen molar-refractivity contribution in [1.82, 2.24) is 10.2 Å². The van der Waals surface area contributed by atoms with E-state index in [4.69, 9.17) is 0 Å². The molecule has 2 heterocycles. The van der Waals surface area contributed by atoms with Crippen molar-refractivity contribution in [3.05, 3.63) is 0 Å². The van der Waals surface area contributed by atoms with Gasteiger partial charge in [-0.15, -0.1) is 0 Å². The highest BCUT2D eigenvalue weighted by Crippen LogP contribution is 2.47. The van der Waals surface area contributed by atoms with E-state index in [0.29, 0.717) is 0 Å². The Labute approximate surface area is 105 Å². The van der Waals surface area contributed by atoms with Gasteiger partial charge in [-0.05, 0) is 63.8 Å². The summed E-state index contributed by atoms with van der Waals surface area (Å²) in [6, 6.07) is 3.52. The second-order valence-corrected chi connectivity index (χ2v) is 7.17. The molecule has 2 heteroatoms. The van der Waals surface area contributed by atoms with E-state index in [2.05, 4.69) is 17.3 Å². The summed E-state index contributed by atoms with van der Waals surface area (Å²) in [4.78, 5) is 2.80. The highest BCUT2D eigenvalue weighted by molar-refractivity contribution is 5.00. The third-order valence-electron chi connectivity index (χ3n) is 6.25. The Morgan fingerprint density at radius 1 is 0.882 bits per heavy atom. The Kier molecular flexibility index (Phi) is 2.52. The molecule has 4 fully saturated rings. The van der Waals surface area contributed by atoms with E-state index in [0.717, 1.165) is 36.0 Å². The van der Waals surface area contributed by atoms with Crippen LogP contribution >= 0.6 is 0 Å². The average molecular weight is 234 g/mol. The second-order valence-electron chi connectivity index (χ2n) is 7.17. The number of rotatable bonds is 2. The van der Waals surface area contributed by atoms with Gasteiger partial charge in [0.25, 0.3) is 0 Å². The second kappa shape index (κ2) is 3.96. The van der Waals surface area contributed by atoms with Gasteiger partial charge in [0.1, 0.15) is 0 Å². The predicted molar refractivity (Wildman–Crippen MR) is 70.0 cm³/mol. The first-order valence-electron chi connectivity index (χ1n) is 7.77. The lowest BCUT2D eigenvalue weighted by Crippen LogP contribution is -2.51. The lowest BCUT2D eigenvalue weighted by atomic mass is 9.90. The summed E-state index contributed by atoms with van der Waals surface area (Å²) in [5, 5.41) is 3.77. The van der Waals surface area contributed by atoms with Crippen LogP contribution in [-0.2, 0) is 0 Å². The van der Waals surface area contributed by atoms with Crippen molar-refractivity contribution >= 4 is 0 Å². The SMILES string of the molecule is CN(C1CC2CCC(C1)N2)C1CC2CCC1C2. The topological polar surface area (TPSA) is 15.3 Å². The molecule has 17 heavy (non-hydrogen) atoms. The molecule has 1 N–H and O–H groups in total. The zero-order chi connectivity index (χ0) is 11.4. The van der Waals surface area contributed by atoms with Gasteiger partial charge >= 0.3 is 0 Å². The van der Waals surface area contributed by atoms with Gasteiger partial charge in [0.05, 0.1) is 0 Å². The van der Waals surface area contributed by atoms with Gasteiger partial charge < -0.3 is 10.2 Å². The molecule has 5 unspecified atom stereocenters. The molecule has 2 aliphatic heterocycles. The molecular weight excluding hydrogens is 208 g/mol. The molecule has 0 aromatic rings. The van der Waals surface area contributed by atoms with Gasteiger partial charge in [-0.2, -0.15) is 0 Å². The molecule has 96 valence electrons. The minimum absolute atomic E-state index is 0.847. The van der Waals surface area contributed by atoms with E-state index in [1.807, 2.05) is 0 Å². The molecule has 4 aliphatic rings. The number of hydrogen-bond acceptors (Lipinski definition) is 2. The number of nitrogens with zero attached hydrogens (tertiary/aromatic N) is 1. The van der Waals surface area contributed by atoms with Gasteiger partial charge in [-0.25, -0.2) is 0 Å². The largest absolute Gasteiger partial charge is 0.311 e. The third kappa shape index (κ3) is 1.76. The zero-order valence-electron chi connectivity index (χ0n) is 11.1. The maximum absolute atomic E-state index is 3.77. The fourth-order valence-electron chi connectivity index (χ4n) is 5.34. The first-order valence-corrected chi connectivity index (χ1v) is 7.77. The Morgan fingerprint density at radius 3 is 2.24 bits per heavy atom. The summed E-state index contributed by atoms with van der Waals surface area (Å²) >= 11 is 0. The number of fused-ring (bicyclic) bond motifs is 4. The monoisotopic (exact) mass is 234 g/mol. The normalized spacial score (nSPS) is 52.6. The Balaban J connectivity index is 1.44. The molecular formula is C15H26N2. The summed E-state index contributed by atoms with van der Waals surface area (Å²) in [7, 11) is 2.43. The van der Waals surface area contributed by atoms with Crippen molar-refractivity contribution in [3.63, 3.8) is 0 Å². The van der Waals surface area contributed by atoms with E-state index in [-0.39, 0.29) is 0 Å². The van der Waals surface area contributed by atoms with Crippen LogP contribution in [0.5, 0.6) is 0 Å². The van der Waals surface area contributed by atoms with Gasteiger partial charge in [0.2, 0.25) is 0 Å². The van der Waals surface area contributed by atoms with Gasteiger partial charge in [0.15, 0.2) is 0 Å². The standard InChI is InChI=1S/C15H26N2/c1-17(15-7-10-2-3-11(15)6-10)14-8-12-4-5-13(9-14)16-12/h10-16H,2-9H2,1H3. The van der Waals surface area contributed by atoms with Crippen molar-refractivity contribution in [2.45, 2.75) is 75.5 Å². The van der Waals surface area contributed by atoms with Gasteiger partial charge in [-0.3, -0.25) is 0 Å². The summed E-state index contributed by atoms with van der Waals surface area (Å²) in [6.45, 7) is 0. The zero-order valence-corrected chi connectivity index (χ0v) is 11.1. The van der Waals surface area contributed by atoms with Crippen LogP contribution in [0, 0.1) is 11.8 Å². The van der Waals surface area contributed by atoms with Crippen LogP contribution in [0.25, 0.3) is 0 Å². The number of piperidine rings is 1.